The van der Waals surface area contributed by atoms with Gasteiger partial charge < -0.3 is 15.0 Å². The van der Waals surface area contributed by atoms with E-state index in [2.05, 4.69) is 15.4 Å². The number of para-hydroxylation sites is 1. The Morgan fingerprint density at radius 2 is 2.15 bits per heavy atom. The smallest absolute Gasteiger partial charge is 0.341 e. The van der Waals surface area contributed by atoms with Gasteiger partial charge >= 0.3 is 11.7 Å². The SMILES string of the molecule is CCOC(=O)c1cnn(-c2cccc3c2[nH]c(=O)n3C2CCNCC2)c1. The van der Waals surface area contributed by atoms with Crippen LogP contribution in [-0.4, -0.2) is 45.0 Å². The summed E-state index contributed by atoms with van der Waals surface area (Å²) in [6, 6.07) is 5.89. The average molecular weight is 355 g/mol. The monoisotopic (exact) mass is 355 g/mol. The fourth-order valence-electron chi connectivity index (χ4n) is 3.53. The molecule has 0 amide bonds. The first-order valence-corrected chi connectivity index (χ1v) is 8.85. The predicted molar refractivity (Wildman–Crippen MR) is 96.8 cm³/mol. The Balaban J connectivity index is 1.77. The van der Waals surface area contributed by atoms with E-state index in [9.17, 15) is 9.59 Å². The number of carbonyl (C=O) groups excluding carboxylic acids is 1. The van der Waals surface area contributed by atoms with E-state index in [1.165, 1.54) is 6.20 Å². The largest absolute Gasteiger partial charge is 0.462 e. The highest BCUT2D eigenvalue weighted by Crippen LogP contribution is 2.25. The van der Waals surface area contributed by atoms with Crippen LogP contribution in [0, 0.1) is 0 Å². The number of piperidine rings is 1. The molecule has 3 heterocycles. The van der Waals surface area contributed by atoms with E-state index in [1.54, 1.807) is 17.8 Å². The number of imidazole rings is 1. The molecule has 3 aromatic rings. The van der Waals surface area contributed by atoms with Gasteiger partial charge in [0, 0.05) is 12.2 Å². The maximum absolute atomic E-state index is 12.6. The first kappa shape index (κ1) is 16.6. The zero-order valence-corrected chi connectivity index (χ0v) is 14.6. The van der Waals surface area contributed by atoms with Crippen molar-refractivity contribution in [3.05, 3.63) is 46.6 Å². The highest BCUT2D eigenvalue weighted by atomic mass is 16.5. The van der Waals surface area contributed by atoms with Gasteiger partial charge in [-0.3, -0.25) is 4.57 Å². The summed E-state index contributed by atoms with van der Waals surface area (Å²) in [7, 11) is 0. The maximum atomic E-state index is 12.6. The fourth-order valence-corrected chi connectivity index (χ4v) is 3.53. The van der Waals surface area contributed by atoms with Gasteiger partial charge in [0.05, 0.1) is 35.1 Å². The van der Waals surface area contributed by atoms with E-state index in [-0.39, 0.29) is 11.7 Å². The van der Waals surface area contributed by atoms with Crippen LogP contribution in [0.1, 0.15) is 36.2 Å². The zero-order valence-electron chi connectivity index (χ0n) is 14.6. The number of fused-ring (bicyclic) bond motifs is 1. The minimum atomic E-state index is -0.410. The summed E-state index contributed by atoms with van der Waals surface area (Å²) >= 11 is 0. The van der Waals surface area contributed by atoms with Gasteiger partial charge in [0.15, 0.2) is 0 Å². The molecule has 1 fully saturated rings. The van der Waals surface area contributed by atoms with Crippen LogP contribution >= 0.6 is 0 Å². The van der Waals surface area contributed by atoms with Crippen LogP contribution in [0.5, 0.6) is 0 Å². The Morgan fingerprint density at radius 1 is 1.35 bits per heavy atom. The Kier molecular flexibility index (Phi) is 4.34. The highest BCUT2D eigenvalue weighted by molar-refractivity contribution is 5.89. The minimum absolute atomic E-state index is 0.114. The van der Waals surface area contributed by atoms with Crippen LogP contribution in [0.4, 0.5) is 0 Å². The lowest BCUT2D eigenvalue weighted by Gasteiger charge is -2.23. The number of nitrogens with one attached hydrogen (secondary N) is 2. The number of hydrogen-bond donors (Lipinski definition) is 2. The zero-order chi connectivity index (χ0) is 18.1. The Hall–Kier alpha value is -2.87. The Labute approximate surface area is 149 Å². The summed E-state index contributed by atoms with van der Waals surface area (Å²) in [6.07, 6.45) is 4.93. The summed E-state index contributed by atoms with van der Waals surface area (Å²) in [5.41, 5.74) is 2.56. The number of carbonyl (C=O) groups is 1. The van der Waals surface area contributed by atoms with Gasteiger partial charge in [-0.1, -0.05) is 6.07 Å². The average Bonchev–Trinajstić information content (AvgIpc) is 3.26. The van der Waals surface area contributed by atoms with E-state index in [0.29, 0.717) is 12.2 Å². The van der Waals surface area contributed by atoms with Crippen molar-refractivity contribution in [2.45, 2.75) is 25.8 Å². The molecule has 8 nitrogen and oxygen atoms in total. The lowest BCUT2D eigenvalue weighted by Crippen LogP contribution is -2.33. The van der Waals surface area contributed by atoms with E-state index >= 15 is 0 Å². The predicted octanol–water partition coefficient (Wildman–Crippen LogP) is 1.62. The molecule has 0 bridgehead atoms. The van der Waals surface area contributed by atoms with E-state index in [0.717, 1.165) is 42.7 Å². The van der Waals surface area contributed by atoms with E-state index in [4.69, 9.17) is 4.74 Å². The molecule has 0 aliphatic carbocycles. The molecule has 0 saturated carbocycles. The van der Waals surface area contributed by atoms with Gasteiger partial charge in [0.25, 0.3) is 0 Å². The van der Waals surface area contributed by atoms with E-state index < -0.39 is 5.97 Å². The molecule has 1 saturated heterocycles. The van der Waals surface area contributed by atoms with Crippen LogP contribution in [-0.2, 0) is 4.74 Å². The second-order valence-electron chi connectivity index (χ2n) is 6.35. The number of aromatic amines is 1. The van der Waals surface area contributed by atoms with Crippen molar-refractivity contribution in [2.24, 2.45) is 0 Å². The van der Waals surface area contributed by atoms with Gasteiger partial charge in [0.1, 0.15) is 0 Å². The van der Waals surface area contributed by atoms with Gasteiger partial charge in [-0.15, -0.1) is 0 Å². The van der Waals surface area contributed by atoms with Crippen LogP contribution in [0.15, 0.2) is 35.4 Å². The first-order chi connectivity index (χ1) is 12.7. The van der Waals surface area contributed by atoms with Crippen LogP contribution in [0.3, 0.4) is 0 Å². The van der Waals surface area contributed by atoms with E-state index in [1.807, 2.05) is 22.8 Å². The standard InChI is InChI=1S/C18H21N5O3/c1-2-26-17(24)12-10-20-22(11-12)14-4-3-5-15-16(14)21-18(25)23(15)13-6-8-19-9-7-13/h3-5,10-11,13,19H,2,6-9H2,1H3,(H,21,25). The number of aromatic nitrogens is 4. The van der Waals surface area contributed by atoms with Gasteiger partial charge in [-0.05, 0) is 45.0 Å². The lowest BCUT2D eigenvalue weighted by atomic mass is 10.1. The number of nitrogens with zero attached hydrogens (tertiary/aromatic N) is 3. The van der Waals surface area contributed by atoms with Crippen LogP contribution in [0.2, 0.25) is 0 Å². The molecule has 26 heavy (non-hydrogen) atoms. The fraction of sp³-hybridized carbons (Fsp3) is 0.389. The molecule has 2 aromatic heterocycles. The van der Waals surface area contributed by atoms with Crippen molar-refractivity contribution in [1.82, 2.24) is 24.6 Å². The third-order valence-electron chi connectivity index (χ3n) is 4.75. The molecular weight excluding hydrogens is 334 g/mol. The number of rotatable bonds is 4. The summed E-state index contributed by atoms with van der Waals surface area (Å²) in [5.74, 6) is -0.410. The molecule has 0 radical (unpaired) electrons. The number of hydrogen-bond acceptors (Lipinski definition) is 5. The van der Waals surface area contributed by atoms with Crippen molar-refractivity contribution in [3.63, 3.8) is 0 Å². The first-order valence-electron chi connectivity index (χ1n) is 8.85. The molecule has 4 rings (SSSR count). The topological polar surface area (TPSA) is 93.9 Å². The molecule has 1 aliphatic rings. The van der Waals surface area contributed by atoms with Crippen molar-refractivity contribution < 1.29 is 9.53 Å². The molecule has 0 spiro atoms. The molecule has 0 unspecified atom stereocenters. The number of esters is 1. The number of ether oxygens (including phenoxy) is 1. The van der Waals surface area contributed by atoms with Crippen molar-refractivity contribution in [3.8, 4) is 5.69 Å². The summed E-state index contributed by atoms with van der Waals surface area (Å²) < 4.78 is 8.44. The second-order valence-corrected chi connectivity index (χ2v) is 6.35. The Morgan fingerprint density at radius 3 is 2.92 bits per heavy atom. The molecule has 0 atom stereocenters. The quantitative estimate of drug-likeness (QED) is 0.694. The molecule has 1 aliphatic heterocycles. The molecule has 8 heteroatoms. The molecule has 1 aromatic carbocycles. The normalized spacial score (nSPS) is 15.4. The Bertz CT molecular complexity index is 994. The summed E-state index contributed by atoms with van der Waals surface area (Å²) in [5, 5.41) is 7.59. The van der Waals surface area contributed by atoms with Gasteiger partial charge in [-0.2, -0.15) is 5.10 Å². The molecule has 2 N–H and O–H groups in total. The van der Waals surface area contributed by atoms with Crippen molar-refractivity contribution in [1.29, 1.82) is 0 Å². The van der Waals surface area contributed by atoms with Crippen LogP contribution < -0.4 is 11.0 Å². The van der Waals surface area contributed by atoms with Gasteiger partial charge in [-0.25, -0.2) is 14.3 Å². The number of H-pyrrole nitrogens is 1. The highest BCUT2D eigenvalue weighted by Gasteiger charge is 2.21. The molecular formula is C18H21N5O3. The minimum Gasteiger partial charge on any atom is -0.462 e. The summed E-state index contributed by atoms with van der Waals surface area (Å²) in [4.78, 5) is 27.4. The number of benzene rings is 1. The third-order valence-corrected chi connectivity index (χ3v) is 4.75. The van der Waals surface area contributed by atoms with Crippen molar-refractivity contribution in [2.75, 3.05) is 19.7 Å². The third kappa shape index (κ3) is 2.82. The summed E-state index contributed by atoms with van der Waals surface area (Å²) in [6.45, 7) is 3.89. The van der Waals surface area contributed by atoms with Gasteiger partial charge in [0.2, 0.25) is 0 Å². The van der Waals surface area contributed by atoms with Crippen molar-refractivity contribution >= 4 is 17.0 Å². The van der Waals surface area contributed by atoms with Crippen LogP contribution in [0.25, 0.3) is 16.7 Å². The maximum Gasteiger partial charge on any atom is 0.341 e. The lowest BCUT2D eigenvalue weighted by molar-refractivity contribution is 0.0526. The second kappa shape index (κ2) is 6.80. The molecule has 136 valence electrons.